The first-order valence-corrected chi connectivity index (χ1v) is 6.84. The highest BCUT2D eigenvalue weighted by molar-refractivity contribution is 5.60. The molecule has 0 saturated carbocycles. The van der Waals surface area contributed by atoms with E-state index in [1.54, 1.807) is 0 Å². The molecular formula is C17H20N2. The van der Waals surface area contributed by atoms with Crippen LogP contribution in [-0.2, 0) is 13.0 Å². The van der Waals surface area contributed by atoms with Crippen molar-refractivity contribution in [2.75, 3.05) is 10.6 Å². The Hall–Kier alpha value is -1.96. The van der Waals surface area contributed by atoms with Gasteiger partial charge in [0.25, 0.3) is 0 Å². The molecule has 1 atom stereocenters. The average molecular weight is 252 g/mol. The van der Waals surface area contributed by atoms with E-state index in [4.69, 9.17) is 5.73 Å². The Morgan fingerprint density at radius 1 is 1.21 bits per heavy atom. The zero-order chi connectivity index (χ0) is 13.4. The largest absolute Gasteiger partial charge is 0.399 e. The van der Waals surface area contributed by atoms with Crippen LogP contribution in [0.1, 0.15) is 23.6 Å². The summed E-state index contributed by atoms with van der Waals surface area (Å²) in [6.07, 6.45) is 1.14. The fourth-order valence-corrected chi connectivity index (χ4v) is 2.92. The molecule has 0 saturated heterocycles. The first-order chi connectivity index (χ1) is 9.15. The molecule has 0 fully saturated rings. The van der Waals surface area contributed by atoms with Crippen molar-refractivity contribution in [1.82, 2.24) is 0 Å². The van der Waals surface area contributed by atoms with E-state index in [0.29, 0.717) is 6.04 Å². The smallest absolute Gasteiger partial charge is 0.0436 e. The Morgan fingerprint density at radius 3 is 2.84 bits per heavy atom. The molecule has 0 radical (unpaired) electrons. The molecule has 2 aromatic rings. The monoisotopic (exact) mass is 252 g/mol. The van der Waals surface area contributed by atoms with Crippen LogP contribution in [0, 0.1) is 6.92 Å². The van der Waals surface area contributed by atoms with Crippen LogP contribution < -0.4 is 10.6 Å². The number of nitrogens with two attached hydrogens (primary N) is 1. The predicted molar refractivity (Wildman–Crippen MR) is 81.4 cm³/mol. The second-order valence-corrected chi connectivity index (χ2v) is 5.50. The summed E-state index contributed by atoms with van der Waals surface area (Å²) in [6.45, 7) is 5.39. The molecule has 3 rings (SSSR count). The Bertz CT molecular complexity index is 604. The lowest BCUT2D eigenvalue weighted by Crippen LogP contribution is -2.28. The second-order valence-electron chi connectivity index (χ2n) is 5.50. The molecule has 2 N–H and O–H groups in total. The molecule has 2 aromatic carbocycles. The van der Waals surface area contributed by atoms with Crippen LogP contribution >= 0.6 is 0 Å². The minimum atomic E-state index is 0.554. The molecule has 98 valence electrons. The van der Waals surface area contributed by atoms with Gasteiger partial charge in [-0.25, -0.2) is 0 Å². The van der Waals surface area contributed by atoms with Crippen molar-refractivity contribution < 1.29 is 0 Å². The van der Waals surface area contributed by atoms with Crippen molar-refractivity contribution in [3.63, 3.8) is 0 Å². The summed E-state index contributed by atoms with van der Waals surface area (Å²) in [4.78, 5) is 2.48. The molecule has 2 nitrogen and oxygen atoms in total. The van der Waals surface area contributed by atoms with Gasteiger partial charge in [-0.1, -0.05) is 24.3 Å². The third kappa shape index (κ3) is 2.19. The number of hydrogen-bond donors (Lipinski definition) is 1. The summed E-state index contributed by atoms with van der Waals surface area (Å²) in [5.41, 5.74) is 12.2. The van der Waals surface area contributed by atoms with Crippen LogP contribution in [0.5, 0.6) is 0 Å². The number of fused-ring (bicyclic) bond motifs is 1. The molecule has 19 heavy (non-hydrogen) atoms. The molecule has 1 heterocycles. The highest BCUT2D eigenvalue weighted by Crippen LogP contribution is 2.33. The maximum Gasteiger partial charge on any atom is 0.0436 e. The molecule has 1 aliphatic rings. The van der Waals surface area contributed by atoms with Crippen molar-refractivity contribution in [3.8, 4) is 0 Å². The predicted octanol–water partition coefficient (Wildman–Crippen LogP) is 3.53. The summed E-state index contributed by atoms with van der Waals surface area (Å²) in [5, 5.41) is 0. The molecule has 0 bridgehead atoms. The number of nitrogens with zero attached hydrogens (tertiary/aromatic N) is 1. The van der Waals surface area contributed by atoms with Crippen molar-refractivity contribution in [3.05, 3.63) is 59.2 Å². The van der Waals surface area contributed by atoms with Gasteiger partial charge >= 0.3 is 0 Å². The third-order valence-corrected chi connectivity index (χ3v) is 4.06. The van der Waals surface area contributed by atoms with Crippen LogP contribution in [0.4, 0.5) is 11.4 Å². The molecule has 0 spiro atoms. The van der Waals surface area contributed by atoms with Gasteiger partial charge in [-0.3, -0.25) is 0 Å². The van der Waals surface area contributed by atoms with Crippen LogP contribution in [0.25, 0.3) is 0 Å². The molecular weight excluding hydrogens is 232 g/mol. The van der Waals surface area contributed by atoms with Crippen LogP contribution in [0.2, 0.25) is 0 Å². The summed E-state index contributed by atoms with van der Waals surface area (Å²) in [5.74, 6) is 0. The SMILES string of the molecule is Cc1ccc(N)cc1CN1c2ccccc2CC1C. The number of anilines is 2. The Labute approximate surface area is 114 Å². The van der Waals surface area contributed by atoms with Crippen molar-refractivity contribution >= 4 is 11.4 Å². The Balaban J connectivity index is 1.93. The normalized spacial score (nSPS) is 17.6. The van der Waals surface area contributed by atoms with Crippen molar-refractivity contribution in [1.29, 1.82) is 0 Å². The molecule has 1 unspecified atom stereocenters. The third-order valence-electron chi connectivity index (χ3n) is 4.06. The van der Waals surface area contributed by atoms with E-state index in [0.717, 1.165) is 18.7 Å². The molecule has 0 aliphatic carbocycles. The van der Waals surface area contributed by atoms with Gasteiger partial charge in [-0.2, -0.15) is 0 Å². The van der Waals surface area contributed by atoms with Crippen LogP contribution in [0.15, 0.2) is 42.5 Å². The zero-order valence-electron chi connectivity index (χ0n) is 11.6. The molecule has 2 heteroatoms. The second kappa shape index (κ2) is 4.61. The molecule has 0 aromatic heterocycles. The van der Waals surface area contributed by atoms with Gasteiger partial charge in [0.1, 0.15) is 0 Å². The highest BCUT2D eigenvalue weighted by Gasteiger charge is 2.25. The van der Waals surface area contributed by atoms with E-state index in [1.165, 1.54) is 22.4 Å². The van der Waals surface area contributed by atoms with Crippen molar-refractivity contribution in [2.24, 2.45) is 0 Å². The number of rotatable bonds is 2. The minimum absolute atomic E-state index is 0.554. The average Bonchev–Trinajstić information content (AvgIpc) is 2.71. The standard InChI is InChI=1S/C17H20N2/c1-12-7-8-16(18)10-15(12)11-19-13(2)9-14-5-3-4-6-17(14)19/h3-8,10,13H,9,11,18H2,1-2H3. The van der Waals surface area contributed by atoms with E-state index in [-0.39, 0.29) is 0 Å². The molecule has 0 amide bonds. The number of para-hydroxylation sites is 1. The Morgan fingerprint density at radius 2 is 2.00 bits per heavy atom. The number of aryl methyl sites for hydroxylation is 1. The van der Waals surface area contributed by atoms with E-state index in [9.17, 15) is 0 Å². The number of benzene rings is 2. The summed E-state index contributed by atoms with van der Waals surface area (Å²) >= 11 is 0. The zero-order valence-corrected chi connectivity index (χ0v) is 11.6. The van der Waals surface area contributed by atoms with Gasteiger partial charge in [0, 0.05) is 24.0 Å². The van der Waals surface area contributed by atoms with Gasteiger partial charge in [-0.05, 0) is 55.2 Å². The van der Waals surface area contributed by atoms with Gasteiger partial charge in [0.15, 0.2) is 0 Å². The Kier molecular flexibility index (Phi) is 2.94. The molecule has 1 aliphatic heterocycles. The summed E-state index contributed by atoms with van der Waals surface area (Å²) in [7, 11) is 0. The lowest BCUT2D eigenvalue weighted by molar-refractivity contribution is 0.671. The van der Waals surface area contributed by atoms with E-state index in [2.05, 4.69) is 55.1 Å². The highest BCUT2D eigenvalue weighted by atomic mass is 15.2. The van der Waals surface area contributed by atoms with Gasteiger partial charge in [0.2, 0.25) is 0 Å². The van der Waals surface area contributed by atoms with Gasteiger partial charge in [-0.15, -0.1) is 0 Å². The van der Waals surface area contributed by atoms with Crippen LogP contribution in [-0.4, -0.2) is 6.04 Å². The first kappa shape index (κ1) is 12.1. The fraction of sp³-hybridized carbons (Fsp3) is 0.294. The maximum absolute atomic E-state index is 5.91. The minimum Gasteiger partial charge on any atom is -0.399 e. The summed E-state index contributed by atoms with van der Waals surface area (Å²) < 4.78 is 0. The van der Waals surface area contributed by atoms with Gasteiger partial charge in [0.05, 0.1) is 0 Å². The number of nitrogen functional groups attached to an aromatic ring is 1. The van der Waals surface area contributed by atoms with E-state index in [1.807, 2.05) is 6.07 Å². The van der Waals surface area contributed by atoms with Gasteiger partial charge < -0.3 is 10.6 Å². The van der Waals surface area contributed by atoms with E-state index < -0.39 is 0 Å². The quantitative estimate of drug-likeness (QED) is 0.828. The fourth-order valence-electron chi connectivity index (χ4n) is 2.92. The topological polar surface area (TPSA) is 29.3 Å². The number of hydrogen-bond acceptors (Lipinski definition) is 2. The van der Waals surface area contributed by atoms with Crippen LogP contribution in [0.3, 0.4) is 0 Å². The lowest BCUT2D eigenvalue weighted by atomic mass is 10.1. The lowest BCUT2D eigenvalue weighted by Gasteiger charge is -2.26. The maximum atomic E-state index is 5.91. The van der Waals surface area contributed by atoms with Crippen molar-refractivity contribution in [2.45, 2.75) is 32.9 Å². The van der Waals surface area contributed by atoms with E-state index >= 15 is 0 Å². The summed E-state index contributed by atoms with van der Waals surface area (Å²) in [6, 6.07) is 15.4. The first-order valence-electron chi connectivity index (χ1n) is 6.84.